The van der Waals surface area contributed by atoms with E-state index in [0.717, 1.165) is 31.9 Å². The number of phenolic OH excluding ortho intramolecular Hbond substituents is 1. The second-order valence-corrected chi connectivity index (χ2v) is 8.54. The summed E-state index contributed by atoms with van der Waals surface area (Å²) in [7, 11) is 8.24. The molecule has 0 aliphatic carbocycles. The molecule has 2 aromatic heterocycles. The van der Waals surface area contributed by atoms with E-state index in [0.29, 0.717) is 22.4 Å². The van der Waals surface area contributed by atoms with Crippen LogP contribution in [0.25, 0.3) is 27.7 Å². The van der Waals surface area contributed by atoms with Crippen LogP contribution in [0.1, 0.15) is 12.0 Å². The van der Waals surface area contributed by atoms with Gasteiger partial charge in [-0.25, -0.2) is 4.98 Å². The van der Waals surface area contributed by atoms with E-state index in [9.17, 15) is 5.11 Å². The van der Waals surface area contributed by atoms with Gasteiger partial charge >= 0.3 is 0 Å². The number of anilines is 1. The third-order valence-corrected chi connectivity index (χ3v) is 6.02. The van der Waals surface area contributed by atoms with Gasteiger partial charge in [-0.05, 0) is 53.9 Å². The minimum atomic E-state index is 0.179. The molecule has 0 unspecified atom stereocenters. The van der Waals surface area contributed by atoms with Crippen molar-refractivity contribution in [3.05, 3.63) is 84.6 Å². The van der Waals surface area contributed by atoms with Crippen molar-refractivity contribution in [2.75, 3.05) is 25.5 Å². The largest absolute Gasteiger partial charge is 0.507 e. The van der Waals surface area contributed by atoms with Crippen molar-refractivity contribution < 1.29 is 5.11 Å². The van der Waals surface area contributed by atoms with Gasteiger partial charge in [0.05, 0.1) is 5.69 Å². The van der Waals surface area contributed by atoms with Gasteiger partial charge in [-0.15, -0.1) is 0 Å². The van der Waals surface area contributed by atoms with Crippen molar-refractivity contribution in [1.82, 2.24) is 19.5 Å². The zero-order chi connectivity index (χ0) is 23.5. The number of nitrogens with one attached hydrogen (secondary N) is 1. The molecule has 34 heavy (non-hydrogen) atoms. The minimum absolute atomic E-state index is 0.179. The van der Waals surface area contributed by atoms with Gasteiger partial charge in [0, 0.05) is 30.9 Å². The number of hydrogen-bond acceptors (Lipinski definition) is 5. The number of hydrogen-bond donors (Lipinski definition) is 2. The first-order valence-corrected chi connectivity index (χ1v) is 11.4. The van der Waals surface area contributed by atoms with Crippen molar-refractivity contribution in [3.8, 4) is 17.0 Å². The number of aromatic hydroxyl groups is 1. The Kier molecular flexibility index (Phi) is 6.19. The molecule has 5 rings (SSSR count). The molecule has 0 spiro atoms. The van der Waals surface area contributed by atoms with E-state index in [1.165, 1.54) is 16.3 Å². The normalized spacial score (nSPS) is 11.5. The highest BCUT2D eigenvalue weighted by Gasteiger charge is 2.13. The predicted molar refractivity (Wildman–Crippen MR) is 139 cm³/mol. The molecule has 168 valence electrons. The highest BCUT2D eigenvalue weighted by Crippen LogP contribution is 2.29. The van der Waals surface area contributed by atoms with Gasteiger partial charge in [0.25, 0.3) is 0 Å². The van der Waals surface area contributed by atoms with E-state index in [1.807, 2.05) is 18.2 Å². The monoisotopic (exact) mass is 447 g/mol. The molecule has 7 heteroatoms. The molecule has 0 atom stereocenters. The fourth-order valence-corrected chi connectivity index (χ4v) is 4.30. The number of rotatable bonds is 8. The average molecular weight is 447 g/mol. The molecule has 2 N–H and O–H groups in total. The van der Waals surface area contributed by atoms with E-state index in [-0.39, 0.29) is 5.75 Å². The molecule has 0 amide bonds. The number of phenols is 1. The molecule has 2 radical (unpaired) electrons. The van der Waals surface area contributed by atoms with Crippen LogP contribution in [-0.2, 0) is 6.54 Å². The SMILES string of the molecule is [B]c1cnn2c(NCCCN(C)Cc3cccc4ccccc34)cc(-c3ccccc3O)nc12. The lowest BCUT2D eigenvalue weighted by Gasteiger charge is -2.18. The Bertz CT molecular complexity index is 1440. The van der Waals surface area contributed by atoms with Crippen LogP contribution in [0.4, 0.5) is 5.82 Å². The Morgan fingerprint density at radius 3 is 2.71 bits per heavy atom. The first kappa shape index (κ1) is 22.0. The summed E-state index contributed by atoms with van der Waals surface area (Å²) in [5.74, 6) is 0.968. The number of nitrogens with zero attached hydrogens (tertiary/aromatic N) is 4. The van der Waals surface area contributed by atoms with E-state index < -0.39 is 0 Å². The first-order valence-electron chi connectivity index (χ1n) is 11.4. The van der Waals surface area contributed by atoms with Crippen molar-refractivity contribution >= 4 is 35.5 Å². The van der Waals surface area contributed by atoms with Gasteiger partial charge in [-0.1, -0.05) is 54.6 Å². The summed E-state index contributed by atoms with van der Waals surface area (Å²) in [6.07, 6.45) is 2.55. The van der Waals surface area contributed by atoms with Gasteiger partial charge in [-0.2, -0.15) is 9.61 Å². The number of fused-ring (bicyclic) bond motifs is 2. The summed E-state index contributed by atoms with van der Waals surface area (Å²) in [5.41, 5.74) is 3.70. The van der Waals surface area contributed by atoms with Crippen molar-refractivity contribution in [1.29, 1.82) is 0 Å². The Labute approximate surface area is 200 Å². The summed E-state index contributed by atoms with van der Waals surface area (Å²) in [5, 5.41) is 20.7. The molecular formula is C27H26BN5O. The lowest BCUT2D eigenvalue weighted by atomic mass is 10.0. The van der Waals surface area contributed by atoms with E-state index >= 15 is 0 Å². The highest BCUT2D eigenvalue weighted by molar-refractivity contribution is 6.36. The molecule has 2 heterocycles. The molecule has 5 aromatic rings. The zero-order valence-electron chi connectivity index (χ0n) is 19.1. The third-order valence-electron chi connectivity index (χ3n) is 6.02. The van der Waals surface area contributed by atoms with Crippen molar-refractivity contribution in [2.24, 2.45) is 0 Å². The number of aromatic nitrogens is 3. The quantitative estimate of drug-likeness (QED) is 0.278. The smallest absolute Gasteiger partial charge is 0.150 e. The topological polar surface area (TPSA) is 65.7 Å². The van der Waals surface area contributed by atoms with E-state index in [2.05, 4.69) is 69.8 Å². The van der Waals surface area contributed by atoms with Crippen LogP contribution in [0.3, 0.4) is 0 Å². The van der Waals surface area contributed by atoms with Gasteiger partial charge in [0.1, 0.15) is 19.4 Å². The van der Waals surface area contributed by atoms with Crippen LogP contribution >= 0.6 is 0 Å². The summed E-state index contributed by atoms with van der Waals surface area (Å²) < 4.78 is 1.71. The minimum Gasteiger partial charge on any atom is -0.507 e. The van der Waals surface area contributed by atoms with Gasteiger partial charge in [0.15, 0.2) is 5.65 Å². The molecule has 0 aliphatic rings. The molecule has 0 saturated carbocycles. The predicted octanol–water partition coefficient (Wildman–Crippen LogP) is 3.98. The van der Waals surface area contributed by atoms with Crippen LogP contribution in [0.2, 0.25) is 0 Å². The number of benzene rings is 3. The summed E-state index contributed by atoms with van der Waals surface area (Å²) in [6.45, 7) is 2.60. The molecule has 0 fully saturated rings. The van der Waals surface area contributed by atoms with Crippen molar-refractivity contribution in [2.45, 2.75) is 13.0 Å². The third kappa shape index (κ3) is 4.47. The summed E-state index contributed by atoms with van der Waals surface area (Å²) >= 11 is 0. The van der Waals surface area contributed by atoms with E-state index in [4.69, 9.17) is 7.85 Å². The Morgan fingerprint density at radius 2 is 1.82 bits per heavy atom. The molecule has 6 nitrogen and oxygen atoms in total. The summed E-state index contributed by atoms with van der Waals surface area (Å²) in [4.78, 5) is 6.96. The second kappa shape index (κ2) is 9.57. The summed E-state index contributed by atoms with van der Waals surface area (Å²) in [6, 6.07) is 24.1. The fraction of sp³-hybridized carbons (Fsp3) is 0.185. The van der Waals surface area contributed by atoms with Crippen LogP contribution < -0.4 is 10.8 Å². The van der Waals surface area contributed by atoms with Gasteiger partial charge < -0.3 is 15.3 Å². The first-order chi connectivity index (χ1) is 16.6. The maximum atomic E-state index is 10.3. The molecule has 0 bridgehead atoms. The van der Waals surface area contributed by atoms with Crippen molar-refractivity contribution in [3.63, 3.8) is 0 Å². The Hall–Kier alpha value is -3.84. The maximum absolute atomic E-state index is 10.3. The van der Waals surface area contributed by atoms with Crippen LogP contribution in [0.15, 0.2) is 79.0 Å². The van der Waals surface area contributed by atoms with Crippen LogP contribution in [0.5, 0.6) is 5.75 Å². The molecule has 0 saturated heterocycles. The lowest BCUT2D eigenvalue weighted by molar-refractivity contribution is 0.326. The van der Waals surface area contributed by atoms with Gasteiger partial charge in [-0.3, -0.25) is 0 Å². The van der Waals surface area contributed by atoms with E-state index in [1.54, 1.807) is 22.8 Å². The fourth-order valence-electron chi connectivity index (χ4n) is 4.30. The Morgan fingerprint density at radius 1 is 1.03 bits per heavy atom. The Balaban J connectivity index is 1.26. The maximum Gasteiger partial charge on any atom is 0.150 e. The van der Waals surface area contributed by atoms with Crippen LogP contribution in [0, 0.1) is 0 Å². The second-order valence-electron chi connectivity index (χ2n) is 8.54. The molecule has 0 aliphatic heterocycles. The van der Waals surface area contributed by atoms with Gasteiger partial charge in [0.2, 0.25) is 0 Å². The van der Waals surface area contributed by atoms with Crippen LogP contribution in [-0.4, -0.2) is 52.6 Å². The standard InChI is InChI=1S/C27H26BN5O/c1-32(18-20-10-6-9-19-8-2-3-11-21(19)20)15-7-14-29-26-16-24(22-12-4-5-13-25(22)34)31-27-23(28)17-30-33(26)27/h2-6,8-13,16-17,29,34H,7,14-15,18H2,1H3. The zero-order valence-corrected chi connectivity index (χ0v) is 19.1. The lowest BCUT2D eigenvalue weighted by Crippen LogP contribution is -2.21. The molecule has 3 aromatic carbocycles. The number of para-hydroxylation sites is 1. The molecular weight excluding hydrogens is 421 g/mol. The highest BCUT2D eigenvalue weighted by atomic mass is 16.3. The average Bonchev–Trinajstić information content (AvgIpc) is 3.23.